The van der Waals surface area contributed by atoms with Gasteiger partial charge in [-0.2, -0.15) is 0 Å². The van der Waals surface area contributed by atoms with Crippen molar-refractivity contribution in [2.45, 2.75) is 32.7 Å². The molecule has 1 aliphatic heterocycles. The van der Waals surface area contributed by atoms with Gasteiger partial charge in [0.1, 0.15) is 10.6 Å². The topological polar surface area (TPSA) is 71.5 Å². The van der Waals surface area contributed by atoms with Crippen molar-refractivity contribution < 1.29 is 14.3 Å². The van der Waals surface area contributed by atoms with Crippen LogP contribution < -0.4 is 10.1 Å². The number of methoxy groups -OCH3 is 1. The third kappa shape index (κ3) is 3.72. The molecule has 7 heteroatoms. The van der Waals surface area contributed by atoms with Gasteiger partial charge in [0.2, 0.25) is 5.91 Å². The fourth-order valence-electron chi connectivity index (χ4n) is 3.44. The van der Waals surface area contributed by atoms with Crippen LogP contribution in [-0.2, 0) is 4.79 Å². The maximum atomic E-state index is 13.0. The van der Waals surface area contributed by atoms with Crippen LogP contribution in [-0.4, -0.2) is 47.9 Å². The largest absolute Gasteiger partial charge is 0.497 e. The molecule has 0 spiro atoms. The van der Waals surface area contributed by atoms with Crippen LogP contribution in [0.3, 0.4) is 0 Å². The van der Waals surface area contributed by atoms with Crippen LogP contribution in [0.5, 0.6) is 5.75 Å². The maximum Gasteiger partial charge on any atom is 0.265 e. The summed E-state index contributed by atoms with van der Waals surface area (Å²) in [5, 5.41) is 3.88. The predicted octanol–water partition coefficient (Wildman–Crippen LogP) is 2.51. The molecule has 0 radical (unpaired) electrons. The average molecular weight is 373 g/mol. The number of hydrogen-bond donors (Lipinski definition) is 1. The van der Waals surface area contributed by atoms with E-state index in [0.29, 0.717) is 18.0 Å². The summed E-state index contributed by atoms with van der Waals surface area (Å²) in [7, 11) is 1.63. The number of nitrogens with zero attached hydrogens (tertiary/aromatic N) is 2. The predicted molar refractivity (Wildman–Crippen MR) is 101 cm³/mol. The molecule has 1 aliphatic rings. The molecule has 0 unspecified atom stereocenters. The molecule has 2 aromatic rings. The van der Waals surface area contributed by atoms with Crippen molar-refractivity contribution >= 4 is 23.2 Å². The first-order valence-electron chi connectivity index (χ1n) is 8.53. The minimum absolute atomic E-state index is 0.0144. The minimum Gasteiger partial charge on any atom is -0.497 e. The molecule has 2 atom stereocenters. The molecule has 0 aliphatic carbocycles. The van der Waals surface area contributed by atoms with E-state index in [0.717, 1.165) is 22.0 Å². The molecule has 2 amide bonds. The van der Waals surface area contributed by atoms with Gasteiger partial charge in [-0.3, -0.25) is 9.59 Å². The van der Waals surface area contributed by atoms with Crippen LogP contribution in [0.15, 0.2) is 24.3 Å². The number of nitrogens with one attached hydrogen (secondary N) is 1. The van der Waals surface area contributed by atoms with Crippen molar-refractivity contribution in [3.05, 3.63) is 45.4 Å². The first-order chi connectivity index (χ1) is 12.4. The number of amides is 2. The fourth-order valence-corrected chi connectivity index (χ4v) is 4.33. The molecular weight excluding hydrogens is 350 g/mol. The van der Waals surface area contributed by atoms with E-state index < -0.39 is 0 Å². The van der Waals surface area contributed by atoms with Gasteiger partial charge in [-0.1, -0.05) is 12.1 Å². The molecule has 0 saturated carbocycles. The number of ether oxygens (including phenoxy) is 1. The Morgan fingerprint density at radius 3 is 2.46 bits per heavy atom. The second-order valence-corrected chi connectivity index (χ2v) is 7.75. The van der Waals surface area contributed by atoms with Crippen LogP contribution in [0.1, 0.15) is 38.8 Å². The number of thiazole rings is 1. The molecular formula is C19H23N3O3S. The highest BCUT2D eigenvalue weighted by atomic mass is 32.1. The van der Waals surface area contributed by atoms with Crippen molar-refractivity contribution in [2.24, 2.45) is 0 Å². The van der Waals surface area contributed by atoms with E-state index in [1.807, 2.05) is 43.0 Å². The molecule has 6 nitrogen and oxygen atoms in total. The number of aromatic nitrogens is 1. The minimum atomic E-state index is -0.112. The van der Waals surface area contributed by atoms with Crippen molar-refractivity contribution in [3.8, 4) is 5.75 Å². The first kappa shape index (κ1) is 18.4. The Hall–Kier alpha value is -2.41. The summed E-state index contributed by atoms with van der Waals surface area (Å²) in [6, 6.07) is 7.69. The first-order valence-corrected chi connectivity index (χ1v) is 9.35. The summed E-state index contributed by atoms with van der Waals surface area (Å²) in [4.78, 5) is 31.4. The SMILES string of the molecule is COc1ccc([C@@H]2CN(C(=O)c3sc(C)nc3C)C[C@H]2NC(C)=O)cc1. The molecule has 26 heavy (non-hydrogen) atoms. The van der Waals surface area contributed by atoms with Crippen LogP contribution in [0, 0.1) is 13.8 Å². The van der Waals surface area contributed by atoms with E-state index in [2.05, 4.69) is 10.3 Å². The lowest BCUT2D eigenvalue weighted by atomic mass is 9.94. The van der Waals surface area contributed by atoms with Gasteiger partial charge in [-0.25, -0.2) is 4.98 Å². The van der Waals surface area contributed by atoms with Crippen molar-refractivity contribution in [1.82, 2.24) is 15.2 Å². The number of benzene rings is 1. The molecule has 1 saturated heterocycles. The maximum absolute atomic E-state index is 13.0. The van der Waals surface area contributed by atoms with Gasteiger partial charge in [0.25, 0.3) is 5.91 Å². The molecule has 1 fully saturated rings. The van der Waals surface area contributed by atoms with Crippen molar-refractivity contribution in [1.29, 1.82) is 0 Å². The molecule has 2 heterocycles. The Bertz CT molecular complexity index is 816. The second kappa shape index (κ2) is 7.45. The van der Waals surface area contributed by atoms with E-state index in [9.17, 15) is 9.59 Å². The zero-order chi connectivity index (χ0) is 18.8. The zero-order valence-corrected chi connectivity index (χ0v) is 16.2. The van der Waals surface area contributed by atoms with Gasteiger partial charge in [0.05, 0.1) is 23.9 Å². The van der Waals surface area contributed by atoms with E-state index in [1.54, 1.807) is 7.11 Å². The molecule has 0 bridgehead atoms. The van der Waals surface area contributed by atoms with Gasteiger partial charge in [0.15, 0.2) is 0 Å². The average Bonchev–Trinajstić information content (AvgIpc) is 3.16. The van der Waals surface area contributed by atoms with Crippen molar-refractivity contribution in [2.75, 3.05) is 20.2 Å². The third-order valence-corrected chi connectivity index (χ3v) is 5.70. The molecule has 138 valence electrons. The molecule has 3 rings (SSSR count). The summed E-state index contributed by atoms with van der Waals surface area (Å²) >= 11 is 1.42. The quantitative estimate of drug-likeness (QED) is 0.894. The zero-order valence-electron chi connectivity index (χ0n) is 15.4. The summed E-state index contributed by atoms with van der Waals surface area (Å²) in [5.74, 6) is 0.724. The molecule has 1 aromatic carbocycles. The number of rotatable bonds is 4. The number of carbonyl (C=O) groups is 2. The summed E-state index contributed by atoms with van der Waals surface area (Å²) < 4.78 is 5.22. The standard InChI is InChI=1S/C19H23N3O3S/c1-11-18(26-13(3)20-11)19(24)22-9-16(17(10-22)21-12(2)23)14-5-7-15(25-4)8-6-14/h5-8,16-17H,9-10H2,1-4H3,(H,21,23)/t16-,17+/m0/s1. The Morgan fingerprint density at radius 2 is 1.92 bits per heavy atom. The number of likely N-dealkylation sites (tertiary alicyclic amines) is 1. The fraction of sp³-hybridized carbons (Fsp3) is 0.421. The van der Waals surface area contributed by atoms with Crippen LogP contribution >= 0.6 is 11.3 Å². The molecule has 1 N–H and O–H groups in total. The van der Waals surface area contributed by atoms with E-state index >= 15 is 0 Å². The summed E-state index contributed by atoms with van der Waals surface area (Å²) in [6.07, 6.45) is 0. The summed E-state index contributed by atoms with van der Waals surface area (Å²) in [6.45, 7) is 6.32. The second-order valence-electron chi connectivity index (χ2n) is 6.54. The Labute approximate surface area is 157 Å². The van der Waals surface area contributed by atoms with Gasteiger partial charge in [-0.05, 0) is 31.5 Å². The highest BCUT2D eigenvalue weighted by Gasteiger charge is 2.37. The number of carbonyl (C=O) groups excluding carboxylic acids is 2. The lowest BCUT2D eigenvalue weighted by Crippen LogP contribution is -2.39. The number of aryl methyl sites for hydroxylation is 2. The third-order valence-electron chi connectivity index (χ3n) is 4.64. The Morgan fingerprint density at radius 1 is 1.23 bits per heavy atom. The van der Waals surface area contributed by atoms with Crippen molar-refractivity contribution in [3.63, 3.8) is 0 Å². The molecule has 1 aromatic heterocycles. The van der Waals surface area contributed by atoms with E-state index in [-0.39, 0.29) is 23.8 Å². The van der Waals surface area contributed by atoms with Crippen LogP contribution in [0.2, 0.25) is 0 Å². The number of hydrogen-bond acceptors (Lipinski definition) is 5. The van der Waals surface area contributed by atoms with E-state index in [4.69, 9.17) is 4.74 Å². The highest BCUT2D eigenvalue weighted by molar-refractivity contribution is 7.13. The monoisotopic (exact) mass is 373 g/mol. The van der Waals surface area contributed by atoms with Gasteiger partial charge in [0, 0.05) is 25.9 Å². The van der Waals surface area contributed by atoms with Gasteiger partial charge < -0.3 is 15.0 Å². The lowest BCUT2D eigenvalue weighted by molar-refractivity contribution is -0.119. The lowest BCUT2D eigenvalue weighted by Gasteiger charge is -2.19. The highest BCUT2D eigenvalue weighted by Crippen LogP contribution is 2.31. The van der Waals surface area contributed by atoms with Crippen LogP contribution in [0.4, 0.5) is 0 Å². The van der Waals surface area contributed by atoms with Gasteiger partial charge >= 0.3 is 0 Å². The normalized spacial score (nSPS) is 19.5. The Balaban J connectivity index is 1.84. The summed E-state index contributed by atoms with van der Waals surface area (Å²) in [5.41, 5.74) is 1.85. The van der Waals surface area contributed by atoms with Gasteiger partial charge in [-0.15, -0.1) is 11.3 Å². The Kier molecular flexibility index (Phi) is 5.27. The van der Waals surface area contributed by atoms with Crippen LogP contribution in [0.25, 0.3) is 0 Å². The van der Waals surface area contributed by atoms with E-state index in [1.165, 1.54) is 18.3 Å². The smallest absolute Gasteiger partial charge is 0.265 e.